The van der Waals surface area contributed by atoms with E-state index in [4.69, 9.17) is 14.2 Å². The molecule has 4 rings (SSSR count). The van der Waals surface area contributed by atoms with E-state index in [0.717, 1.165) is 12.8 Å². The summed E-state index contributed by atoms with van der Waals surface area (Å²) in [4.78, 5) is 37.8. The lowest BCUT2D eigenvalue weighted by atomic mass is 10.2. The summed E-state index contributed by atoms with van der Waals surface area (Å²) in [6.07, 6.45) is 3.33. The highest BCUT2D eigenvalue weighted by molar-refractivity contribution is 5.96. The Bertz CT molecular complexity index is 1470. The molecule has 0 aliphatic rings. The highest BCUT2D eigenvalue weighted by Gasteiger charge is 2.15. The Morgan fingerprint density at radius 3 is 1.95 bits per heavy atom. The summed E-state index contributed by atoms with van der Waals surface area (Å²) in [5.41, 5.74) is 3.96. The van der Waals surface area contributed by atoms with Crippen LogP contribution in [0.1, 0.15) is 56.4 Å². The topological polar surface area (TPSA) is 103 Å². The Kier molecular flexibility index (Phi) is 9.77. The zero-order valence-electron chi connectivity index (χ0n) is 21.9. The van der Waals surface area contributed by atoms with Gasteiger partial charge in [-0.1, -0.05) is 49.7 Å². The van der Waals surface area contributed by atoms with Gasteiger partial charge in [-0.15, -0.1) is 0 Å². The van der Waals surface area contributed by atoms with Crippen molar-refractivity contribution in [3.63, 3.8) is 0 Å². The summed E-state index contributed by atoms with van der Waals surface area (Å²) in [5, 5.41) is 4.03. The number of nitrogens with one attached hydrogen (secondary N) is 1. The first-order chi connectivity index (χ1) is 19.5. The lowest BCUT2D eigenvalue weighted by Gasteiger charge is -2.10. The zero-order chi connectivity index (χ0) is 28.2. The number of carbonyl (C=O) groups excluding carboxylic acids is 3. The number of hydrazone groups is 1. The van der Waals surface area contributed by atoms with E-state index in [9.17, 15) is 14.4 Å². The van der Waals surface area contributed by atoms with Gasteiger partial charge in [0.15, 0.2) is 0 Å². The van der Waals surface area contributed by atoms with Gasteiger partial charge in [-0.3, -0.25) is 4.79 Å². The van der Waals surface area contributed by atoms with Crippen molar-refractivity contribution >= 4 is 24.1 Å². The molecule has 0 bridgehead atoms. The SMILES string of the molecule is CCCCOc1ccc(C(=O)N/N=C/c2ccc(OC(=O)c3ccccc3)cc2OC(=O)c2ccccc2)cc1. The lowest BCUT2D eigenvalue weighted by molar-refractivity contribution is 0.0732. The van der Waals surface area contributed by atoms with Gasteiger partial charge in [0.1, 0.15) is 17.2 Å². The number of hydrogen-bond acceptors (Lipinski definition) is 7. The molecule has 0 fully saturated rings. The third-order valence-corrected chi connectivity index (χ3v) is 5.67. The van der Waals surface area contributed by atoms with Gasteiger partial charge in [0.25, 0.3) is 5.91 Å². The molecular weight excluding hydrogens is 508 g/mol. The van der Waals surface area contributed by atoms with Crippen LogP contribution >= 0.6 is 0 Å². The minimum absolute atomic E-state index is 0.0961. The van der Waals surface area contributed by atoms with Gasteiger partial charge < -0.3 is 14.2 Å². The summed E-state index contributed by atoms with van der Waals surface area (Å²) in [6.45, 7) is 2.70. The first-order valence-corrected chi connectivity index (χ1v) is 12.8. The van der Waals surface area contributed by atoms with Crippen molar-refractivity contribution in [3.8, 4) is 17.2 Å². The smallest absolute Gasteiger partial charge is 0.343 e. The largest absolute Gasteiger partial charge is 0.494 e. The Morgan fingerprint density at radius 2 is 1.32 bits per heavy atom. The lowest BCUT2D eigenvalue weighted by Crippen LogP contribution is -2.17. The molecule has 4 aromatic carbocycles. The quantitative estimate of drug-likeness (QED) is 0.0821. The van der Waals surface area contributed by atoms with Gasteiger partial charge in [0.05, 0.1) is 23.9 Å². The molecule has 0 aromatic heterocycles. The molecule has 8 heteroatoms. The molecule has 0 heterocycles. The summed E-state index contributed by atoms with van der Waals surface area (Å²) < 4.78 is 16.7. The Hall–Kier alpha value is -5.24. The van der Waals surface area contributed by atoms with Crippen molar-refractivity contribution in [2.45, 2.75) is 19.8 Å². The molecule has 4 aromatic rings. The molecule has 0 aliphatic carbocycles. The van der Waals surface area contributed by atoms with Crippen molar-refractivity contribution < 1.29 is 28.6 Å². The summed E-state index contributed by atoms with van der Waals surface area (Å²) in [5.74, 6) is -0.631. The van der Waals surface area contributed by atoms with Gasteiger partial charge in [0, 0.05) is 17.2 Å². The fraction of sp³-hybridized carbons (Fsp3) is 0.125. The van der Waals surface area contributed by atoms with Crippen LogP contribution in [-0.4, -0.2) is 30.7 Å². The van der Waals surface area contributed by atoms with Gasteiger partial charge in [-0.05, 0) is 67.1 Å². The molecule has 0 spiro atoms. The van der Waals surface area contributed by atoms with Crippen molar-refractivity contribution in [1.82, 2.24) is 5.43 Å². The number of benzene rings is 4. The van der Waals surface area contributed by atoms with E-state index in [-0.39, 0.29) is 11.5 Å². The Morgan fingerprint density at radius 1 is 0.725 bits per heavy atom. The van der Waals surface area contributed by atoms with Crippen LogP contribution in [0.15, 0.2) is 108 Å². The fourth-order valence-electron chi connectivity index (χ4n) is 3.51. The van der Waals surface area contributed by atoms with E-state index in [1.165, 1.54) is 12.3 Å². The predicted molar refractivity (Wildman–Crippen MR) is 151 cm³/mol. The van der Waals surface area contributed by atoms with Crippen molar-refractivity contribution in [3.05, 3.63) is 125 Å². The number of rotatable bonds is 11. The van der Waals surface area contributed by atoms with E-state index in [1.54, 1.807) is 97.1 Å². The summed E-state index contributed by atoms with van der Waals surface area (Å²) in [7, 11) is 0. The molecule has 0 saturated heterocycles. The van der Waals surface area contributed by atoms with Crippen LogP contribution in [0.25, 0.3) is 0 Å². The van der Waals surface area contributed by atoms with Gasteiger partial charge in [-0.25, -0.2) is 15.0 Å². The second kappa shape index (κ2) is 14.1. The van der Waals surface area contributed by atoms with Crippen LogP contribution in [-0.2, 0) is 0 Å². The molecule has 8 nitrogen and oxygen atoms in total. The Labute approximate surface area is 232 Å². The molecule has 1 N–H and O–H groups in total. The molecule has 0 unspecified atom stereocenters. The van der Waals surface area contributed by atoms with E-state index in [2.05, 4.69) is 17.5 Å². The van der Waals surface area contributed by atoms with Gasteiger partial charge >= 0.3 is 11.9 Å². The molecule has 0 aliphatic heterocycles. The third-order valence-electron chi connectivity index (χ3n) is 5.67. The standard InChI is InChI=1S/C32H28N2O6/c1-2-3-20-38-27-17-14-23(15-18-27)30(35)34-33-22-26-16-19-28(39-31(36)24-10-6-4-7-11-24)21-29(26)40-32(37)25-12-8-5-9-13-25/h4-19,21-22H,2-3,20H2,1H3,(H,34,35)/b33-22+. The highest BCUT2D eigenvalue weighted by atomic mass is 16.5. The summed E-state index contributed by atoms with van der Waals surface area (Å²) >= 11 is 0. The molecule has 1 amide bonds. The van der Waals surface area contributed by atoms with E-state index >= 15 is 0 Å². The number of nitrogens with zero attached hydrogens (tertiary/aromatic N) is 1. The minimum atomic E-state index is -0.605. The molecule has 0 radical (unpaired) electrons. The second-order valence-electron chi connectivity index (χ2n) is 8.64. The number of hydrogen-bond donors (Lipinski definition) is 1. The van der Waals surface area contributed by atoms with Crippen LogP contribution in [0.4, 0.5) is 0 Å². The van der Waals surface area contributed by atoms with Crippen molar-refractivity contribution in [2.24, 2.45) is 5.10 Å². The number of carbonyl (C=O) groups is 3. The first kappa shape index (κ1) is 27.8. The average molecular weight is 537 g/mol. The maximum absolute atomic E-state index is 12.7. The number of amides is 1. The van der Waals surface area contributed by atoms with Crippen molar-refractivity contribution in [2.75, 3.05) is 6.61 Å². The monoisotopic (exact) mass is 536 g/mol. The van der Waals surface area contributed by atoms with E-state index in [0.29, 0.717) is 34.6 Å². The molecule has 0 atom stereocenters. The van der Waals surface area contributed by atoms with Gasteiger partial charge in [-0.2, -0.15) is 5.10 Å². The van der Waals surface area contributed by atoms with Crippen LogP contribution in [0.3, 0.4) is 0 Å². The molecular formula is C32H28N2O6. The fourth-order valence-corrected chi connectivity index (χ4v) is 3.51. The van der Waals surface area contributed by atoms with E-state index < -0.39 is 17.8 Å². The minimum Gasteiger partial charge on any atom is -0.494 e. The van der Waals surface area contributed by atoms with Gasteiger partial charge in [0.2, 0.25) is 0 Å². The summed E-state index contributed by atoms with van der Waals surface area (Å²) in [6, 6.07) is 28.3. The first-order valence-electron chi connectivity index (χ1n) is 12.8. The molecule has 0 saturated carbocycles. The average Bonchev–Trinajstić information content (AvgIpc) is 2.99. The van der Waals surface area contributed by atoms with Crippen LogP contribution in [0.5, 0.6) is 17.2 Å². The zero-order valence-corrected chi connectivity index (χ0v) is 21.9. The molecule has 202 valence electrons. The maximum atomic E-state index is 12.7. The second-order valence-corrected chi connectivity index (χ2v) is 8.64. The van der Waals surface area contributed by atoms with Crippen LogP contribution in [0.2, 0.25) is 0 Å². The highest BCUT2D eigenvalue weighted by Crippen LogP contribution is 2.26. The number of unbranched alkanes of at least 4 members (excludes halogenated alkanes) is 1. The maximum Gasteiger partial charge on any atom is 0.343 e. The molecule has 40 heavy (non-hydrogen) atoms. The van der Waals surface area contributed by atoms with E-state index in [1.807, 2.05) is 0 Å². The third kappa shape index (κ3) is 7.88. The van der Waals surface area contributed by atoms with Crippen molar-refractivity contribution in [1.29, 1.82) is 0 Å². The number of esters is 2. The number of ether oxygens (including phenoxy) is 3. The predicted octanol–water partition coefficient (Wildman–Crippen LogP) is 6.07. The normalized spacial score (nSPS) is 10.6. The van der Waals surface area contributed by atoms with Crippen LogP contribution < -0.4 is 19.6 Å². The van der Waals surface area contributed by atoms with Crippen LogP contribution in [0, 0.1) is 0 Å². The Balaban J connectivity index is 1.48.